The fourth-order valence-electron chi connectivity index (χ4n) is 3.22. The first-order chi connectivity index (χ1) is 9.28. The standard InChI is InChI=1S/C16H22N2O/c1-2-12-7-8-18(11-12)16(19)15-9-13-5-3-4-6-14(13)10-17-15/h3-6,12,15,17H,2,7-11H2,1H3/t12?,15-/m0/s1. The number of likely N-dealkylation sites (tertiary alicyclic amines) is 1. The summed E-state index contributed by atoms with van der Waals surface area (Å²) in [7, 11) is 0. The Balaban J connectivity index is 1.66. The number of amides is 1. The Morgan fingerprint density at radius 3 is 2.89 bits per heavy atom. The van der Waals surface area contributed by atoms with E-state index in [9.17, 15) is 4.79 Å². The molecule has 19 heavy (non-hydrogen) atoms. The third-order valence-corrected chi connectivity index (χ3v) is 4.55. The van der Waals surface area contributed by atoms with Crippen LogP contribution < -0.4 is 5.32 Å². The molecule has 0 aromatic heterocycles. The largest absolute Gasteiger partial charge is 0.341 e. The third-order valence-electron chi connectivity index (χ3n) is 4.55. The van der Waals surface area contributed by atoms with Crippen molar-refractivity contribution >= 4 is 5.91 Å². The molecule has 0 spiro atoms. The highest BCUT2D eigenvalue weighted by atomic mass is 16.2. The summed E-state index contributed by atoms with van der Waals surface area (Å²) in [5.74, 6) is 1.00. The lowest BCUT2D eigenvalue weighted by atomic mass is 9.95. The van der Waals surface area contributed by atoms with Crippen LogP contribution in [0.4, 0.5) is 0 Å². The van der Waals surface area contributed by atoms with Crippen molar-refractivity contribution in [1.29, 1.82) is 0 Å². The molecule has 2 aliphatic heterocycles. The predicted molar refractivity (Wildman–Crippen MR) is 75.8 cm³/mol. The van der Waals surface area contributed by atoms with Crippen LogP contribution in [0.2, 0.25) is 0 Å². The van der Waals surface area contributed by atoms with Crippen molar-refractivity contribution in [2.45, 2.75) is 38.8 Å². The van der Waals surface area contributed by atoms with E-state index in [4.69, 9.17) is 0 Å². The Morgan fingerprint density at radius 2 is 2.16 bits per heavy atom. The number of hydrogen-bond acceptors (Lipinski definition) is 2. The topological polar surface area (TPSA) is 32.3 Å². The smallest absolute Gasteiger partial charge is 0.240 e. The molecule has 2 atom stereocenters. The molecule has 0 bridgehead atoms. The van der Waals surface area contributed by atoms with E-state index < -0.39 is 0 Å². The van der Waals surface area contributed by atoms with Gasteiger partial charge in [-0.2, -0.15) is 0 Å². The van der Waals surface area contributed by atoms with Crippen LogP contribution in [0, 0.1) is 5.92 Å². The fraction of sp³-hybridized carbons (Fsp3) is 0.562. The Kier molecular flexibility index (Phi) is 3.56. The number of carbonyl (C=O) groups excluding carboxylic acids is 1. The second kappa shape index (κ2) is 5.33. The van der Waals surface area contributed by atoms with Crippen LogP contribution in [0.1, 0.15) is 30.9 Å². The summed E-state index contributed by atoms with van der Waals surface area (Å²) in [6, 6.07) is 8.40. The second-order valence-corrected chi connectivity index (χ2v) is 5.75. The summed E-state index contributed by atoms with van der Waals surface area (Å²) in [6.45, 7) is 4.93. The van der Waals surface area contributed by atoms with Crippen molar-refractivity contribution in [3.8, 4) is 0 Å². The lowest BCUT2D eigenvalue weighted by molar-refractivity contribution is -0.132. The molecular formula is C16H22N2O. The summed E-state index contributed by atoms with van der Waals surface area (Å²) in [5, 5.41) is 3.39. The van der Waals surface area contributed by atoms with E-state index in [-0.39, 0.29) is 6.04 Å². The van der Waals surface area contributed by atoms with Crippen molar-refractivity contribution in [2.75, 3.05) is 13.1 Å². The minimum Gasteiger partial charge on any atom is -0.341 e. The van der Waals surface area contributed by atoms with Crippen LogP contribution >= 0.6 is 0 Å². The first kappa shape index (κ1) is 12.7. The number of carbonyl (C=O) groups is 1. The maximum Gasteiger partial charge on any atom is 0.240 e. The van der Waals surface area contributed by atoms with Crippen molar-refractivity contribution in [2.24, 2.45) is 5.92 Å². The van der Waals surface area contributed by atoms with Crippen LogP contribution in [0.3, 0.4) is 0 Å². The first-order valence-electron chi connectivity index (χ1n) is 7.37. The molecule has 3 rings (SSSR count). The highest BCUT2D eigenvalue weighted by molar-refractivity contribution is 5.82. The van der Waals surface area contributed by atoms with Gasteiger partial charge in [-0.15, -0.1) is 0 Å². The summed E-state index contributed by atoms with van der Waals surface area (Å²) >= 11 is 0. The average molecular weight is 258 g/mol. The molecule has 0 saturated carbocycles. The molecule has 102 valence electrons. The highest BCUT2D eigenvalue weighted by Gasteiger charge is 2.31. The van der Waals surface area contributed by atoms with Gasteiger partial charge in [0.25, 0.3) is 0 Å². The van der Waals surface area contributed by atoms with Gasteiger partial charge in [0.2, 0.25) is 5.91 Å². The quantitative estimate of drug-likeness (QED) is 0.879. The predicted octanol–water partition coefficient (Wildman–Crippen LogP) is 1.96. The van der Waals surface area contributed by atoms with E-state index in [0.29, 0.717) is 11.8 Å². The summed E-state index contributed by atoms with van der Waals surface area (Å²) in [5.41, 5.74) is 2.66. The molecule has 1 aromatic carbocycles. The second-order valence-electron chi connectivity index (χ2n) is 5.75. The van der Waals surface area contributed by atoms with E-state index in [1.165, 1.54) is 24.0 Å². The maximum absolute atomic E-state index is 12.5. The molecule has 0 radical (unpaired) electrons. The van der Waals surface area contributed by atoms with Crippen LogP contribution in [-0.4, -0.2) is 29.9 Å². The minimum absolute atomic E-state index is 0.0227. The van der Waals surface area contributed by atoms with Gasteiger partial charge in [-0.05, 0) is 29.9 Å². The van der Waals surface area contributed by atoms with E-state index in [0.717, 1.165) is 26.1 Å². The van der Waals surface area contributed by atoms with Gasteiger partial charge in [0.15, 0.2) is 0 Å². The van der Waals surface area contributed by atoms with Gasteiger partial charge in [0.1, 0.15) is 0 Å². The lowest BCUT2D eigenvalue weighted by Crippen LogP contribution is -2.48. The zero-order valence-electron chi connectivity index (χ0n) is 11.6. The molecule has 1 aromatic rings. The Hall–Kier alpha value is -1.35. The third kappa shape index (κ3) is 2.52. The zero-order chi connectivity index (χ0) is 13.2. The molecular weight excluding hydrogens is 236 g/mol. The number of rotatable bonds is 2. The van der Waals surface area contributed by atoms with Crippen molar-refractivity contribution in [3.63, 3.8) is 0 Å². The Bertz CT molecular complexity index is 472. The highest BCUT2D eigenvalue weighted by Crippen LogP contribution is 2.22. The summed E-state index contributed by atoms with van der Waals surface area (Å²) in [6.07, 6.45) is 3.19. The molecule has 2 aliphatic rings. The van der Waals surface area contributed by atoms with Crippen LogP contribution in [0.25, 0.3) is 0 Å². The van der Waals surface area contributed by atoms with Gasteiger partial charge < -0.3 is 10.2 Å². The Morgan fingerprint density at radius 1 is 1.37 bits per heavy atom. The van der Waals surface area contributed by atoms with E-state index in [1.807, 2.05) is 0 Å². The molecule has 1 N–H and O–H groups in total. The van der Waals surface area contributed by atoms with Crippen molar-refractivity contribution in [3.05, 3.63) is 35.4 Å². The number of fused-ring (bicyclic) bond motifs is 1. The summed E-state index contributed by atoms with van der Waals surface area (Å²) in [4.78, 5) is 14.6. The molecule has 0 aliphatic carbocycles. The normalized spacial score (nSPS) is 26.3. The fourth-order valence-corrected chi connectivity index (χ4v) is 3.22. The molecule has 3 nitrogen and oxygen atoms in total. The Labute approximate surface area is 115 Å². The van der Waals surface area contributed by atoms with Gasteiger partial charge in [-0.25, -0.2) is 0 Å². The SMILES string of the molecule is CCC1CCN(C(=O)[C@@H]2Cc3ccccc3CN2)C1. The van der Waals surface area contributed by atoms with Crippen LogP contribution in [0.5, 0.6) is 0 Å². The van der Waals surface area contributed by atoms with Gasteiger partial charge in [0.05, 0.1) is 6.04 Å². The molecule has 1 unspecified atom stereocenters. The van der Waals surface area contributed by atoms with Crippen molar-refractivity contribution in [1.82, 2.24) is 10.2 Å². The molecule has 1 saturated heterocycles. The number of nitrogens with one attached hydrogen (secondary N) is 1. The molecule has 1 fully saturated rings. The monoisotopic (exact) mass is 258 g/mol. The van der Waals surface area contributed by atoms with Crippen LogP contribution in [0.15, 0.2) is 24.3 Å². The number of hydrogen-bond donors (Lipinski definition) is 1. The van der Waals surface area contributed by atoms with Gasteiger partial charge in [0, 0.05) is 19.6 Å². The average Bonchev–Trinajstić information content (AvgIpc) is 2.95. The van der Waals surface area contributed by atoms with Gasteiger partial charge in [-0.1, -0.05) is 37.6 Å². The lowest BCUT2D eigenvalue weighted by Gasteiger charge is -2.29. The number of nitrogens with zero attached hydrogens (tertiary/aromatic N) is 1. The van der Waals surface area contributed by atoms with E-state index in [2.05, 4.69) is 41.4 Å². The first-order valence-corrected chi connectivity index (χ1v) is 7.37. The van der Waals surface area contributed by atoms with E-state index >= 15 is 0 Å². The molecule has 2 heterocycles. The van der Waals surface area contributed by atoms with Crippen LogP contribution in [-0.2, 0) is 17.8 Å². The number of benzene rings is 1. The molecule has 3 heteroatoms. The van der Waals surface area contributed by atoms with E-state index in [1.54, 1.807) is 0 Å². The molecule has 1 amide bonds. The van der Waals surface area contributed by atoms with Gasteiger partial charge in [-0.3, -0.25) is 4.79 Å². The zero-order valence-corrected chi connectivity index (χ0v) is 11.6. The van der Waals surface area contributed by atoms with Gasteiger partial charge >= 0.3 is 0 Å². The maximum atomic E-state index is 12.5. The summed E-state index contributed by atoms with van der Waals surface area (Å²) < 4.78 is 0. The van der Waals surface area contributed by atoms with Crippen molar-refractivity contribution < 1.29 is 4.79 Å². The minimum atomic E-state index is -0.0227.